The second kappa shape index (κ2) is 8.67. The van der Waals surface area contributed by atoms with Crippen LogP contribution in [0.1, 0.15) is 56.6 Å². The van der Waals surface area contributed by atoms with Crippen molar-refractivity contribution in [2.75, 3.05) is 0 Å². The molecule has 1 aromatic carbocycles. The number of rotatable bonds is 7. The van der Waals surface area contributed by atoms with Crippen molar-refractivity contribution in [3.05, 3.63) is 41.5 Å². The molecule has 2 aliphatic rings. The fraction of sp³-hybridized carbons (Fsp3) is 0.524. The van der Waals surface area contributed by atoms with Gasteiger partial charge in [-0.3, -0.25) is 20.1 Å². The lowest BCUT2D eigenvalue weighted by atomic mass is 9.69. The van der Waals surface area contributed by atoms with E-state index in [1.165, 1.54) is 6.08 Å². The maximum Gasteiger partial charge on any atom is 0.326 e. The summed E-state index contributed by atoms with van der Waals surface area (Å²) in [5.41, 5.74) is 2.92. The third kappa shape index (κ3) is 4.96. The minimum absolute atomic E-state index is 0.0919. The molecule has 3 rings (SSSR count). The van der Waals surface area contributed by atoms with Crippen molar-refractivity contribution in [2.45, 2.75) is 63.6 Å². The molecule has 0 aromatic heterocycles. The summed E-state index contributed by atoms with van der Waals surface area (Å²) < 4.78 is 5.77. The van der Waals surface area contributed by atoms with Crippen molar-refractivity contribution >= 4 is 18.0 Å². The highest BCUT2D eigenvalue weighted by Crippen LogP contribution is 2.39. The Balaban J connectivity index is 1.56. The van der Waals surface area contributed by atoms with E-state index in [9.17, 15) is 9.59 Å². The van der Waals surface area contributed by atoms with E-state index in [1.54, 1.807) is 11.6 Å². The topological polar surface area (TPSA) is 87.7 Å². The lowest BCUT2D eigenvalue weighted by Crippen LogP contribution is -2.61. The van der Waals surface area contributed by atoms with Gasteiger partial charge in [-0.1, -0.05) is 31.2 Å². The molecule has 0 spiro atoms. The van der Waals surface area contributed by atoms with Crippen molar-refractivity contribution in [3.8, 4) is 0 Å². The predicted octanol–water partition coefficient (Wildman–Crippen LogP) is 2.95. The minimum atomic E-state index is -0.567. The van der Waals surface area contributed by atoms with Crippen LogP contribution in [-0.2, 0) is 20.9 Å². The molecule has 3 N–H and O–H groups in total. The summed E-state index contributed by atoms with van der Waals surface area (Å²) in [7, 11) is 0. The molecular formula is C21H28N2O4. The predicted molar refractivity (Wildman–Crippen MR) is 102 cm³/mol. The van der Waals surface area contributed by atoms with E-state index < -0.39 is 11.4 Å². The van der Waals surface area contributed by atoms with Gasteiger partial charge in [0.25, 0.3) is 5.91 Å². The van der Waals surface area contributed by atoms with Crippen LogP contribution >= 0.6 is 0 Å². The Morgan fingerprint density at radius 3 is 2.48 bits per heavy atom. The van der Waals surface area contributed by atoms with Gasteiger partial charge in [0.15, 0.2) is 0 Å². The molecule has 0 atom stereocenters. The molecule has 0 bridgehead atoms. The standard InChI is InChI=1S/C21H28N2O4/c1-15-12-21(13-15,20(25)27-18-4-2-3-5-18)22-14-17-8-6-16(7-9-17)10-11-19(24)23-26/h6-11,15,18,22,26H,2-5,12-14H2,1H3,(H,23,24)/b11-10+. The van der Waals surface area contributed by atoms with Crippen LogP contribution in [-0.4, -0.2) is 28.7 Å². The summed E-state index contributed by atoms with van der Waals surface area (Å²) in [6.45, 7) is 2.75. The highest BCUT2D eigenvalue weighted by Gasteiger charge is 2.50. The van der Waals surface area contributed by atoms with Crippen molar-refractivity contribution in [3.63, 3.8) is 0 Å². The number of hydroxylamine groups is 1. The monoisotopic (exact) mass is 372 g/mol. The third-order valence-electron chi connectivity index (χ3n) is 5.51. The van der Waals surface area contributed by atoms with Gasteiger partial charge in [0.1, 0.15) is 11.6 Å². The highest BCUT2D eigenvalue weighted by atomic mass is 16.5. The molecular weight excluding hydrogens is 344 g/mol. The van der Waals surface area contributed by atoms with Gasteiger partial charge in [-0.2, -0.15) is 0 Å². The zero-order chi connectivity index (χ0) is 19.3. The Morgan fingerprint density at radius 2 is 1.89 bits per heavy atom. The van der Waals surface area contributed by atoms with Crippen LogP contribution in [0.15, 0.2) is 30.3 Å². The van der Waals surface area contributed by atoms with Crippen LogP contribution in [0.3, 0.4) is 0 Å². The third-order valence-corrected chi connectivity index (χ3v) is 5.51. The SMILES string of the molecule is CC1CC(NCc2ccc(/C=C/C(=O)NO)cc2)(C(=O)OC2CCCC2)C1. The smallest absolute Gasteiger partial charge is 0.326 e. The summed E-state index contributed by atoms with van der Waals surface area (Å²) in [6, 6.07) is 7.71. The molecule has 1 aromatic rings. The lowest BCUT2D eigenvalue weighted by Gasteiger charge is -2.45. The first kappa shape index (κ1) is 19.6. The van der Waals surface area contributed by atoms with Gasteiger partial charge in [-0.15, -0.1) is 0 Å². The summed E-state index contributed by atoms with van der Waals surface area (Å²) in [5, 5.41) is 11.9. The van der Waals surface area contributed by atoms with Crippen molar-refractivity contribution in [1.29, 1.82) is 0 Å². The molecule has 6 nitrogen and oxygen atoms in total. The number of carbonyl (C=O) groups excluding carboxylic acids is 2. The molecule has 0 saturated heterocycles. The number of nitrogens with one attached hydrogen (secondary N) is 2. The Morgan fingerprint density at radius 1 is 1.22 bits per heavy atom. The van der Waals surface area contributed by atoms with E-state index in [1.807, 2.05) is 24.3 Å². The first-order valence-corrected chi connectivity index (χ1v) is 9.68. The zero-order valence-corrected chi connectivity index (χ0v) is 15.7. The van der Waals surface area contributed by atoms with Crippen LogP contribution in [0.4, 0.5) is 0 Å². The number of amides is 1. The van der Waals surface area contributed by atoms with Crippen molar-refractivity contribution in [2.24, 2.45) is 5.92 Å². The van der Waals surface area contributed by atoms with E-state index in [2.05, 4.69) is 12.2 Å². The quantitative estimate of drug-likeness (QED) is 0.296. The van der Waals surface area contributed by atoms with E-state index in [0.29, 0.717) is 12.5 Å². The number of hydrogen-bond donors (Lipinski definition) is 3. The van der Waals surface area contributed by atoms with Crippen LogP contribution in [0, 0.1) is 5.92 Å². The first-order valence-electron chi connectivity index (χ1n) is 9.68. The molecule has 2 fully saturated rings. The second-order valence-corrected chi connectivity index (χ2v) is 7.81. The van der Waals surface area contributed by atoms with Crippen LogP contribution in [0.2, 0.25) is 0 Å². The second-order valence-electron chi connectivity index (χ2n) is 7.81. The van der Waals surface area contributed by atoms with Gasteiger partial charge in [0.05, 0.1) is 0 Å². The van der Waals surface area contributed by atoms with Gasteiger partial charge >= 0.3 is 5.97 Å². The highest BCUT2D eigenvalue weighted by molar-refractivity contribution is 5.90. The zero-order valence-electron chi connectivity index (χ0n) is 15.7. The van der Waals surface area contributed by atoms with E-state index in [0.717, 1.165) is 49.7 Å². The number of hydrogen-bond acceptors (Lipinski definition) is 5. The van der Waals surface area contributed by atoms with Crippen molar-refractivity contribution in [1.82, 2.24) is 10.8 Å². The van der Waals surface area contributed by atoms with E-state index in [-0.39, 0.29) is 12.1 Å². The number of benzene rings is 1. The van der Waals surface area contributed by atoms with Gasteiger partial charge in [0, 0.05) is 12.6 Å². The normalized spacial score (nSPS) is 25.3. The molecule has 2 saturated carbocycles. The Bertz CT molecular complexity index is 687. The average Bonchev–Trinajstić information content (AvgIpc) is 3.16. The first-order chi connectivity index (χ1) is 13.0. The fourth-order valence-corrected chi connectivity index (χ4v) is 4.01. The Labute approximate surface area is 159 Å². The lowest BCUT2D eigenvalue weighted by molar-refractivity contribution is -0.163. The number of esters is 1. The molecule has 27 heavy (non-hydrogen) atoms. The van der Waals surface area contributed by atoms with E-state index >= 15 is 0 Å². The largest absolute Gasteiger partial charge is 0.461 e. The minimum Gasteiger partial charge on any atom is -0.461 e. The summed E-state index contributed by atoms with van der Waals surface area (Å²) in [5.74, 6) is -0.136. The molecule has 0 unspecified atom stereocenters. The molecule has 0 radical (unpaired) electrons. The maximum atomic E-state index is 12.7. The molecule has 0 aliphatic heterocycles. The van der Waals surface area contributed by atoms with Gasteiger partial charge in [0.2, 0.25) is 0 Å². The molecule has 1 amide bonds. The van der Waals surface area contributed by atoms with Gasteiger partial charge in [-0.25, -0.2) is 5.48 Å². The van der Waals surface area contributed by atoms with Crippen LogP contribution in [0.25, 0.3) is 6.08 Å². The van der Waals surface area contributed by atoms with Crippen LogP contribution in [0.5, 0.6) is 0 Å². The van der Waals surface area contributed by atoms with Crippen LogP contribution < -0.4 is 10.8 Å². The molecule has 146 valence electrons. The Hall–Kier alpha value is -2.18. The summed E-state index contributed by atoms with van der Waals surface area (Å²) in [4.78, 5) is 23.8. The fourth-order valence-electron chi connectivity index (χ4n) is 4.01. The van der Waals surface area contributed by atoms with Gasteiger partial charge in [-0.05, 0) is 61.6 Å². The Kier molecular flexibility index (Phi) is 6.29. The number of carbonyl (C=O) groups is 2. The van der Waals surface area contributed by atoms with E-state index in [4.69, 9.17) is 9.94 Å². The number of ether oxygens (including phenoxy) is 1. The molecule has 2 aliphatic carbocycles. The molecule has 6 heteroatoms. The van der Waals surface area contributed by atoms with Crippen molar-refractivity contribution < 1.29 is 19.5 Å². The molecule has 0 heterocycles. The average molecular weight is 372 g/mol. The van der Waals surface area contributed by atoms with Gasteiger partial charge < -0.3 is 4.74 Å². The maximum absolute atomic E-state index is 12.7. The summed E-state index contributed by atoms with van der Waals surface area (Å²) in [6.07, 6.45) is 8.88. The summed E-state index contributed by atoms with van der Waals surface area (Å²) >= 11 is 0.